The minimum atomic E-state index is -4.69. The first-order chi connectivity index (χ1) is 18.2. The van der Waals surface area contributed by atoms with E-state index in [1.165, 1.54) is 12.1 Å². The summed E-state index contributed by atoms with van der Waals surface area (Å²) in [4.78, 5) is 24.0. The first kappa shape index (κ1) is 26.8. The van der Waals surface area contributed by atoms with Crippen LogP contribution < -0.4 is 14.9 Å². The molecule has 1 aliphatic rings. The number of carbonyl (C=O) groups excluding carboxylic acids is 2. The van der Waals surface area contributed by atoms with Crippen molar-refractivity contribution in [3.63, 3.8) is 0 Å². The third-order valence-electron chi connectivity index (χ3n) is 5.61. The van der Waals surface area contributed by atoms with Gasteiger partial charge in [-0.1, -0.05) is 48.5 Å². The molecule has 1 aliphatic heterocycles. The van der Waals surface area contributed by atoms with Gasteiger partial charge in [-0.2, -0.15) is 4.72 Å². The monoisotopic (exact) mass is 543 g/mol. The van der Waals surface area contributed by atoms with Gasteiger partial charge in [0, 0.05) is 0 Å². The first-order valence-electron chi connectivity index (χ1n) is 11.3. The number of methoxy groups -OCH3 is 1. The zero-order valence-electron chi connectivity index (χ0n) is 20.1. The highest BCUT2D eigenvalue weighted by Crippen LogP contribution is 2.32. The molecule has 0 aromatic heterocycles. The van der Waals surface area contributed by atoms with E-state index in [0.29, 0.717) is 11.4 Å². The van der Waals surface area contributed by atoms with Crippen molar-refractivity contribution in [3.8, 4) is 5.75 Å². The summed E-state index contributed by atoms with van der Waals surface area (Å²) >= 11 is 0. The predicted octanol–water partition coefficient (Wildman–Crippen LogP) is 2.92. The maximum absolute atomic E-state index is 13.8. The molecule has 0 bridgehead atoms. The minimum absolute atomic E-state index is 0.551. The molecular weight excluding hydrogens is 520 g/mol. The highest BCUT2D eigenvalue weighted by Gasteiger charge is 2.31. The average Bonchev–Trinajstić information content (AvgIpc) is 3.37. The summed E-state index contributed by atoms with van der Waals surface area (Å²) in [5.41, 5.74) is 5.26. The van der Waals surface area contributed by atoms with Crippen LogP contribution >= 0.6 is 0 Å². The Hall–Kier alpha value is -4.29. The lowest BCUT2D eigenvalue weighted by Crippen LogP contribution is -2.42. The van der Waals surface area contributed by atoms with Crippen LogP contribution in [0.5, 0.6) is 5.75 Å². The van der Waals surface area contributed by atoms with Crippen molar-refractivity contribution in [3.05, 3.63) is 102 Å². The quantitative estimate of drug-likeness (QED) is 0.399. The van der Waals surface area contributed by atoms with Crippen molar-refractivity contribution in [2.75, 3.05) is 20.3 Å². The fourth-order valence-corrected chi connectivity index (χ4v) is 4.84. The van der Waals surface area contributed by atoms with Gasteiger partial charge < -0.3 is 9.47 Å². The number of benzene rings is 3. The van der Waals surface area contributed by atoms with Crippen molar-refractivity contribution >= 4 is 27.6 Å². The van der Waals surface area contributed by atoms with Crippen molar-refractivity contribution in [1.29, 1.82) is 0 Å². The molecule has 0 radical (unpaired) electrons. The van der Waals surface area contributed by atoms with Crippen LogP contribution in [0.25, 0.3) is 5.70 Å². The smallest absolute Gasteiger partial charge is 0.321 e. The van der Waals surface area contributed by atoms with Crippen LogP contribution in [0, 0.1) is 11.6 Å². The third kappa shape index (κ3) is 5.98. The molecule has 38 heavy (non-hydrogen) atoms. The van der Waals surface area contributed by atoms with Gasteiger partial charge >= 0.3 is 5.97 Å². The molecule has 3 aromatic carbocycles. The minimum Gasteiger partial charge on any atom is -0.497 e. The van der Waals surface area contributed by atoms with Gasteiger partial charge in [-0.25, -0.2) is 22.2 Å². The fourth-order valence-electron chi connectivity index (χ4n) is 3.74. The highest BCUT2D eigenvalue weighted by atomic mass is 32.2. The number of nitrogens with one attached hydrogen (secondary N) is 2. The maximum atomic E-state index is 13.8. The van der Waals surface area contributed by atoms with Gasteiger partial charge in [0.25, 0.3) is 5.91 Å². The maximum Gasteiger partial charge on any atom is 0.321 e. The second kappa shape index (κ2) is 11.4. The number of rotatable bonds is 9. The Balaban J connectivity index is 1.42. The van der Waals surface area contributed by atoms with E-state index in [4.69, 9.17) is 9.47 Å². The molecule has 0 saturated heterocycles. The molecule has 12 heteroatoms. The van der Waals surface area contributed by atoms with E-state index < -0.39 is 57.6 Å². The second-order valence-electron chi connectivity index (χ2n) is 8.08. The van der Waals surface area contributed by atoms with Gasteiger partial charge in [0.1, 0.15) is 23.9 Å². The van der Waals surface area contributed by atoms with Gasteiger partial charge in [0.15, 0.2) is 11.5 Å². The van der Waals surface area contributed by atoms with Crippen molar-refractivity contribution in [1.82, 2.24) is 15.2 Å². The number of carbonyl (C=O) groups is 2. The molecular formula is C26H23F2N3O6S. The molecule has 2 N–H and O–H groups in total. The summed E-state index contributed by atoms with van der Waals surface area (Å²) in [6, 6.07) is 18.4. The number of halogens is 2. The van der Waals surface area contributed by atoms with E-state index in [0.717, 1.165) is 29.3 Å². The molecule has 0 spiro atoms. The predicted molar refractivity (Wildman–Crippen MR) is 133 cm³/mol. The number of hydrogen-bond donors (Lipinski definition) is 2. The molecule has 198 valence electrons. The second-order valence-corrected chi connectivity index (χ2v) is 9.78. The Morgan fingerprint density at radius 2 is 1.63 bits per heavy atom. The summed E-state index contributed by atoms with van der Waals surface area (Å²) in [6.45, 7) is -1.66. The van der Waals surface area contributed by atoms with E-state index in [2.05, 4.69) is 5.43 Å². The Morgan fingerprint density at radius 1 is 0.974 bits per heavy atom. The SMILES string of the molecule is COc1ccc([C@@H]2C=C(c3ccccc3)NN2C(=O)COC(=O)CNS(=O)(=O)c2c(F)cccc2F)cc1. The molecule has 9 nitrogen and oxygen atoms in total. The largest absolute Gasteiger partial charge is 0.497 e. The molecule has 1 amide bonds. The summed E-state index contributed by atoms with van der Waals surface area (Å²) in [6.07, 6.45) is 1.84. The van der Waals surface area contributed by atoms with E-state index >= 15 is 0 Å². The van der Waals surface area contributed by atoms with Crippen molar-refractivity contribution in [2.45, 2.75) is 10.9 Å². The van der Waals surface area contributed by atoms with Crippen LogP contribution in [-0.4, -0.2) is 45.6 Å². The van der Waals surface area contributed by atoms with Crippen LogP contribution in [0.15, 0.2) is 83.8 Å². The highest BCUT2D eigenvalue weighted by molar-refractivity contribution is 7.89. The van der Waals surface area contributed by atoms with Gasteiger partial charge in [0.2, 0.25) is 10.0 Å². The van der Waals surface area contributed by atoms with E-state index in [1.807, 2.05) is 36.4 Å². The molecule has 0 fully saturated rings. The molecule has 4 rings (SSSR count). The normalized spacial score (nSPS) is 15.0. The van der Waals surface area contributed by atoms with Crippen molar-refractivity contribution in [2.24, 2.45) is 0 Å². The number of hydrazine groups is 1. The molecule has 0 aliphatic carbocycles. The van der Waals surface area contributed by atoms with Crippen LogP contribution in [0.1, 0.15) is 17.2 Å². The van der Waals surface area contributed by atoms with Gasteiger partial charge in [-0.05, 0) is 41.5 Å². The molecule has 0 saturated carbocycles. The molecule has 1 atom stereocenters. The third-order valence-corrected chi connectivity index (χ3v) is 7.06. The average molecular weight is 544 g/mol. The Labute approximate surface area is 217 Å². The van der Waals surface area contributed by atoms with Crippen LogP contribution in [0.4, 0.5) is 8.78 Å². The lowest BCUT2D eigenvalue weighted by Gasteiger charge is -2.25. The number of ether oxygens (including phenoxy) is 2. The number of esters is 1. The Kier molecular flexibility index (Phi) is 8.03. The Bertz CT molecular complexity index is 1440. The van der Waals surface area contributed by atoms with E-state index in [1.54, 1.807) is 29.0 Å². The summed E-state index contributed by atoms with van der Waals surface area (Å²) in [7, 11) is -3.15. The van der Waals surface area contributed by atoms with Crippen LogP contribution in [0.2, 0.25) is 0 Å². The van der Waals surface area contributed by atoms with Gasteiger partial charge in [-0.15, -0.1) is 0 Å². The lowest BCUT2D eigenvalue weighted by molar-refractivity contribution is -0.152. The summed E-state index contributed by atoms with van der Waals surface area (Å²) in [5, 5.41) is 1.29. The number of sulfonamides is 1. The summed E-state index contributed by atoms with van der Waals surface area (Å²) < 4.78 is 64.0. The number of hydrogen-bond acceptors (Lipinski definition) is 7. The van der Waals surface area contributed by atoms with Crippen LogP contribution in [-0.2, 0) is 24.3 Å². The standard InChI is InChI=1S/C26H23F2N3O6S/c1-36-19-12-10-18(11-13-19)23-14-22(17-6-3-2-4-7-17)30-31(23)24(32)16-37-25(33)15-29-38(34,35)26-20(27)8-5-9-21(26)28/h2-14,23,29-30H,15-16H2,1H3/t23-/m0/s1. The Morgan fingerprint density at radius 3 is 2.26 bits per heavy atom. The first-order valence-corrected chi connectivity index (χ1v) is 12.8. The van der Waals surface area contributed by atoms with Crippen LogP contribution in [0.3, 0.4) is 0 Å². The van der Waals surface area contributed by atoms with Crippen molar-refractivity contribution < 1.29 is 36.3 Å². The van der Waals surface area contributed by atoms with Gasteiger partial charge in [-0.3, -0.25) is 15.0 Å². The zero-order chi connectivity index (χ0) is 27.3. The fraction of sp³-hybridized carbons (Fsp3) is 0.154. The van der Waals surface area contributed by atoms with E-state index in [-0.39, 0.29) is 0 Å². The molecule has 1 heterocycles. The van der Waals surface area contributed by atoms with Gasteiger partial charge in [0.05, 0.1) is 18.8 Å². The number of nitrogens with zero attached hydrogens (tertiary/aromatic N) is 1. The zero-order valence-corrected chi connectivity index (χ0v) is 20.9. The molecule has 3 aromatic rings. The summed E-state index contributed by atoms with van der Waals surface area (Å²) in [5.74, 6) is -3.73. The topological polar surface area (TPSA) is 114 Å². The van der Waals surface area contributed by atoms with E-state index in [9.17, 15) is 26.8 Å². The lowest BCUT2D eigenvalue weighted by atomic mass is 10.0. The molecule has 0 unspecified atom stereocenters. The number of amides is 1.